The molecule has 5 nitrogen and oxygen atoms in total. The first-order valence-corrected chi connectivity index (χ1v) is 9.50. The van der Waals surface area contributed by atoms with Crippen molar-refractivity contribution in [2.45, 2.75) is 32.2 Å². The summed E-state index contributed by atoms with van der Waals surface area (Å²) in [6.45, 7) is 5.11. The highest BCUT2D eigenvalue weighted by atomic mass is 16.2. The fourth-order valence-electron chi connectivity index (χ4n) is 4.15. The van der Waals surface area contributed by atoms with E-state index in [0.717, 1.165) is 44.7 Å². The van der Waals surface area contributed by atoms with Crippen molar-refractivity contribution in [1.29, 1.82) is 0 Å². The minimum atomic E-state index is 0.289. The molecule has 4 rings (SSSR count). The summed E-state index contributed by atoms with van der Waals surface area (Å²) in [7, 11) is 0. The van der Waals surface area contributed by atoms with E-state index in [-0.39, 0.29) is 5.91 Å². The van der Waals surface area contributed by atoms with Crippen LogP contribution in [-0.2, 0) is 17.8 Å². The summed E-state index contributed by atoms with van der Waals surface area (Å²) < 4.78 is 0. The second-order valence-electron chi connectivity index (χ2n) is 7.75. The van der Waals surface area contributed by atoms with Gasteiger partial charge in [0.15, 0.2) is 0 Å². The van der Waals surface area contributed by atoms with E-state index in [1.165, 1.54) is 18.4 Å². The molecule has 1 spiro atoms. The van der Waals surface area contributed by atoms with Crippen molar-refractivity contribution in [3.05, 3.63) is 60.2 Å². The highest BCUT2D eigenvalue weighted by molar-refractivity contribution is 5.77. The number of aromatic nitrogens is 2. The number of carbonyl (C=O) groups excluding carboxylic acids is 1. The molecule has 5 heteroatoms. The molecule has 2 saturated heterocycles. The number of amides is 1. The molecule has 0 saturated carbocycles. The largest absolute Gasteiger partial charge is 0.341 e. The predicted octanol–water partition coefficient (Wildman–Crippen LogP) is 2.53. The van der Waals surface area contributed by atoms with Crippen molar-refractivity contribution in [2.24, 2.45) is 5.41 Å². The van der Waals surface area contributed by atoms with Crippen LogP contribution in [0.25, 0.3) is 0 Å². The fraction of sp³-hybridized carbons (Fsp3) is 0.476. The second kappa shape index (κ2) is 7.54. The average molecular weight is 350 g/mol. The van der Waals surface area contributed by atoms with Gasteiger partial charge >= 0.3 is 0 Å². The number of pyridine rings is 2. The summed E-state index contributed by atoms with van der Waals surface area (Å²) in [6, 6.07) is 8.11. The van der Waals surface area contributed by atoms with Crippen LogP contribution in [0.3, 0.4) is 0 Å². The van der Waals surface area contributed by atoms with Crippen LogP contribution in [-0.4, -0.2) is 51.9 Å². The van der Waals surface area contributed by atoms with E-state index in [0.29, 0.717) is 11.8 Å². The first-order chi connectivity index (χ1) is 12.7. The van der Waals surface area contributed by atoms with Crippen molar-refractivity contribution in [3.8, 4) is 0 Å². The van der Waals surface area contributed by atoms with Crippen molar-refractivity contribution < 1.29 is 4.79 Å². The zero-order valence-corrected chi connectivity index (χ0v) is 15.2. The lowest BCUT2D eigenvalue weighted by molar-refractivity contribution is -0.146. The van der Waals surface area contributed by atoms with E-state index in [9.17, 15) is 4.79 Å². The summed E-state index contributed by atoms with van der Waals surface area (Å²) in [5.41, 5.74) is 2.79. The number of aryl methyl sites for hydroxylation is 1. The van der Waals surface area contributed by atoms with Gasteiger partial charge in [-0.3, -0.25) is 19.7 Å². The summed E-state index contributed by atoms with van der Waals surface area (Å²) in [5, 5.41) is 0. The van der Waals surface area contributed by atoms with Crippen molar-refractivity contribution >= 4 is 5.91 Å². The molecule has 0 radical (unpaired) electrons. The third-order valence-electron chi connectivity index (χ3n) is 5.80. The second-order valence-corrected chi connectivity index (χ2v) is 7.75. The number of nitrogens with zero attached hydrogens (tertiary/aromatic N) is 4. The minimum absolute atomic E-state index is 0.289. The lowest BCUT2D eigenvalue weighted by Crippen LogP contribution is -2.61. The van der Waals surface area contributed by atoms with Crippen LogP contribution in [0.15, 0.2) is 49.1 Å². The van der Waals surface area contributed by atoms with E-state index >= 15 is 0 Å². The number of carbonyl (C=O) groups is 1. The average Bonchev–Trinajstić information content (AvgIpc) is 2.67. The fourth-order valence-corrected chi connectivity index (χ4v) is 4.15. The Morgan fingerprint density at radius 3 is 2.27 bits per heavy atom. The monoisotopic (exact) mass is 350 g/mol. The van der Waals surface area contributed by atoms with E-state index in [1.54, 1.807) is 6.20 Å². The molecule has 2 aliphatic rings. The van der Waals surface area contributed by atoms with Crippen LogP contribution < -0.4 is 0 Å². The van der Waals surface area contributed by atoms with Gasteiger partial charge in [0.05, 0.1) is 0 Å². The maximum Gasteiger partial charge on any atom is 0.222 e. The number of hydrogen-bond acceptors (Lipinski definition) is 4. The van der Waals surface area contributed by atoms with Crippen molar-refractivity contribution in [2.75, 3.05) is 26.2 Å². The molecule has 26 heavy (non-hydrogen) atoms. The molecule has 2 fully saturated rings. The van der Waals surface area contributed by atoms with Gasteiger partial charge < -0.3 is 4.90 Å². The molecule has 0 unspecified atom stereocenters. The van der Waals surface area contributed by atoms with Crippen LogP contribution >= 0.6 is 0 Å². The molecule has 2 aromatic heterocycles. The first-order valence-electron chi connectivity index (χ1n) is 9.50. The molecular formula is C21H26N4O. The summed E-state index contributed by atoms with van der Waals surface area (Å²) in [6.07, 6.45) is 11.2. The Hall–Kier alpha value is -2.27. The van der Waals surface area contributed by atoms with Crippen LogP contribution in [0.1, 0.15) is 30.4 Å². The standard InChI is InChI=1S/C21H26N4O/c26-20(6-5-18-3-1-9-22-13-18)25-16-21(17-25)7-11-24(12-8-21)15-19-4-2-10-23-14-19/h1-4,9-10,13-14H,5-8,11-12,15-17H2. The lowest BCUT2D eigenvalue weighted by atomic mass is 9.72. The Morgan fingerprint density at radius 1 is 1.00 bits per heavy atom. The molecule has 0 atom stereocenters. The molecule has 4 heterocycles. The first kappa shape index (κ1) is 17.2. The number of rotatable bonds is 5. The van der Waals surface area contributed by atoms with Crippen LogP contribution in [0.4, 0.5) is 0 Å². The Kier molecular flexibility index (Phi) is 4.98. The third-order valence-corrected chi connectivity index (χ3v) is 5.80. The van der Waals surface area contributed by atoms with E-state index in [4.69, 9.17) is 0 Å². The molecule has 1 amide bonds. The molecule has 0 aromatic carbocycles. The van der Waals surface area contributed by atoms with Gasteiger partial charge in [0.25, 0.3) is 0 Å². The molecular weight excluding hydrogens is 324 g/mol. The molecule has 136 valence electrons. The van der Waals surface area contributed by atoms with Crippen LogP contribution in [0, 0.1) is 5.41 Å². The lowest BCUT2D eigenvalue weighted by Gasteiger charge is -2.54. The number of piperidine rings is 1. The maximum atomic E-state index is 12.4. The Balaban J connectivity index is 1.20. The van der Waals surface area contributed by atoms with Crippen molar-refractivity contribution in [1.82, 2.24) is 19.8 Å². The highest BCUT2D eigenvalue weighted by Crippen LogP contribution is 2.40. The van der Waals surface area contributed by atoms with Gasteiger partial charge in [0.1, 0.15) is 0 Å². The quantitative estimate of drug-likeness (QED) is 0.831. The highest BCUT2D eigenvalue weighted by Gasteiger charge is 2.46. The van der Waals surface area contributed by atoms with Crippen LogP contribution in [0.5, 0.6) is 0 Å². The smallest absolute Gasteiger partial charge is 0.222 e. The zero-order chi connectivity index (χ0) is 17.8. The Bertz CT molecular complexity index is 718. The molecule has 0 aliphatic carbocycles. The van der Waals surface area contributed by atoms with Gasteiger partial charge in [-0.2, -0.15) is 0 Å². The van der Waals surface area contributed by atoms with Gasteiger partial charge in [-0.05, 0) is 55.6 Å². The van der Waals surface area contributed by atoms with E-state index in [1.807, 2.05) is 41.7 Å². The van der Waals surface area contributed by atoms with E-state index in [2.05, 4.69) is 20.9 Å². The minimum Gasteiger partial charge on any atom is -0.341 e. The van der Waals surface area contributed by atoms with Gasteiger partial charge in [-0.15, -0.1) is 0 Å². The van der Waals surface area contributed by atoms with Crippen LogP contribution in [0.2, 0.25) is 0 Å². The van der Waals surface area contributed by atoms with Gasteiger partial charge in [-0.25, -0.2) is 0 Å². The van der Waals surface area contributed by atoms with Gasteiger partial charge in [-0.1, -0.05) is 12.1 Å². The Morgan fingerprint density at radius 2 is 1.65 bits per heavy atom. The number of hydrogen-bond donors (Lipinski definition) is 0. The normalized spacial score (nSPS) is 19.3. The predicted molar refractivity (Wildman–Crippen MR) is 100 cm³/mol. The van der Waals surface area contributed by atoms with Crippen molar-refractivity contribution in [3.63, 3.8) is 0 Å². The Labute approximate surface area is 155 Å². The maximum absolute atomic E-state index is 12.4. The summed E-state index contributed by atoms with van der Waals surface area (Å²) in [5.74, 6) is 0.289. The van der Waals surface area contributed by atoms with Gasteiger partial charge in [0, 0.05) is 56.3 Å². The SMILES string of the molecule is O=C(CCc1cccnc1)N1CC2(CCN(Cc3cccnc3)CC2)C1. The summed E-state index contributed by atoms with van der Waals surface area (Å²) >= 11 is 0. The summed E-state index contributed by atoms with van der Waals surface area (Å²) in [4.78, 5) is 25.3. The molecule has 2 aromatic rings. The molecule has 2 aliphatic heterocycles. The molecule has 0 bridgehead atoms. The molecule has 0 N–H and O–H groups in total. The topological polar surface area (TPSA) is 49.3 Å². The number of likely N-dealkylation sites (tertiary alicyclic amines) is 2. The third kappa shape index (κ3) is 3.93. The zero-order valence-electron chi connectivity index (χ0n) is 15.2. The van der Waals surface area contributed by atoms with E-state index < -0.39 is 0 Å². The van der Waals surface area contributed by atoms with Gasteiger partial charge in [0.2, 0.25) is 5.91 Å².